The number of aliphatic hydroxyl groups is 1. The van der Waals surface area contributed by atoms with Crippen molar-refractivity contribution >= 4 is 17.8 Å². The van der Waals surface area contributed by atoms with Crippen LogP contribution in [0.2, 0.25) is 0 Å². The first-order valence-electron chi connectivity index (χ1n) is 6.23. The molecule has 0 aliphatic heterocycles. The lowest BCUT2D eigenvalue weighted by Crippen LogP contribution is -2.35. The van der Waals surface area contributed by atoms with Gasteiger partial charge in [0, 0.05) is 40.8 Å². The number of hydrogen-bond donors (Lipinski definition) is 4. The standard InChI is InChI=1S/C11H23N7O2/c1-11(19,5-6-20-4)7-13-8-14-9(17-12)16-10(15-8)18(2)3/h19H,5-7,12H2,1-4H3,(H2,13,14,15,16,17). The molecule has 1 atom stereocenters. The number of aromatic nitrogens is 3. The zero-order chi connectivity index (χ0) is 15.2. The molecule has 0 spiro atoms. The van der Waals surface area contributed by atoms with E-state index in [1.165, 1.54) is 0 Å². The molecule has 0 radical (unpaired) electrons. The van der Waals surface area contributed by atoms with E-state index in [4.69, 9.17) is 10.6 Å². The van der Waals surface area contributed by atoms with E-state index >= 15 is 0 Å². The average Bonchev–Trinajstić information content (AvgIpc) is 2.42. The predicted octanol–water partition coefficient (Wildman–Crippen LogP) is -0.577. The molecule has 1 aromatic rings. The van der Waals surface area contributed by atoms with E-state index in [0.717, 1.165) is 0 Å². The fourth-order valence-electron chi connectivity index (χ4n) is 1.39. The number of nitrogens with zero attached hydrogens (tertiary/aromatic N) is 4. The summed E-state index contributed by atoms with van der Waals surface area (Å²) in [6, 6.07) is 0. The van der Waals surface area contributed by atoms with Gasteiger partial charge in [0.25, 0.3) is 0 Å². The third kappa shape index (κ3) is 5.11. The molecule has 1 aromatic heterocycles. The molecule has 0 bridgehead atoms. The highest BCUT2D eigenvalue weighted by Gasteiger charge is 2.20. The monoisotopic (exact) mass is 285 g/mol. The molecular formula is C11H23N7O2. The van der Waals surface area contributed by atoms with E-state index in [2.05, 4.69) is 25.7 Å². The van der Waals surface area contributed by atoms with Crippen LogP contribution in [-0.2, 0) is 4.74 Å². The van der Waals surface area contributed by atoms with Crippen LogP contribution >= 0.6 is 0 Å². The minimum Gasteiger partial charge on any atom is -0.388 e. The molecule has 9 heteroatoms. The number of nitrogen functional groups attached to an aromatic ring is 1. The van der Waals surface area contributed by atoms with Crippen LogP contribution in [0.4, 0.5) is 17.8 Å². The molecule has 0 aliphatic rings. The number of rotatable bonds is 8. The first-order valence-corrected chi connectivity index (χ1v) is 6.23. The lowest BCUT2D eigenvalue weighted by atomic mass is 10.0. The van der Waals surface area contributed by atoms with Gasteiger partial charge in [0.2, 0.25) is 17.8 Å². The van der Waals surface area contributed by atoms with Gasteiger partial charge < -0.3 is 20.1 Å². The van der Waals surface area contributed by atoms with Crippen molar-refractivity contribution in [3.8, 4) is 0 Å². The fraction of sp³-hybridized carbons (Fsp3) is 0.727. The Hall–Kier alpha value is -1.71. The minimum atomic E-state index is -0.919. The number of nitrogens with one attached hydrogen (secondary N) is 2. The summed E-state index contributed by atoms with van der Waals surface area (Å²) in [5, 5.41) is 13.1. The van der Waals surface area contributed by atoms with Crippen molar-refractivity contribution in [1.82, 2.24) is 15.0 Å². The quantitative estimate of drug-likeness (QED) is 0.367. The molecule has 5 N–H and O–H groups in total. The van der Waals surface area contributed by atoms with Gasteiger partial charge >= 0.3 is 0 Å². The maximum Gasteiger partial charge on any atom is 0.243 e. The maximum atomic E-state index is 10.1. The zero-order valence-electron chi connectivity index (χ0n) is 12.3. The van der Waals surface area contributed by atoms with Crippen LogP contribution in [0.3, 0.4) is 0 Å². The second-order valence-corrected chi connectivity index (χ2v) is 4.91. The van der Waals surface area contributed by atoms with Gasteiger partial charge in [-0.05, 0) is 6.92 Å². The van der Waals surface area contributed by atoms with Gasteiger partial charge in [-0.2, -0.15) is 15.0 Å². The second-order valence-electron chi connectivity index (χ2n) is 4.91. The smallest absolute Gasteiger partial charge is 0.243 e. The summed E-state index contributed by atoms with van der Waals surface area (Å²) in [5.74, 6) is 6.38. The van der Waals surface area contributed by atoms with Gasteiger partial charge in [-0.25, -0.2) is 5.84 Å². The molecule has 0 aromatic carbocycles. The van der Waals surface area contributed by atoms with Crippen LogP contribution in [0.25, 0.3) is 0 Å². The number of anilines is 3. The number of nitrogens with two attached hydrogens (primary N) is 1. The molecule has 9 nitrogen and oxygen atoms in total. The summed E-state index contributed by atoms with van der Waals surface area (Å²) >= 11 is 0. The fourth-order valence-corrected chi connectivity index (χ4v) is 1.39. The van der Waals surface area contributed by atoms with Crippen LogP contribution in [0.5, 0.6) is 0 Å². The first kappa shape index (κ1) is 16.3. The molecule has 1 rings (SSSR count). The molecule has 0 fully saturated rings. The highest BCUT2D eigenvalue weighted by Crippen LogP contribution is 2.13. The van der Waals surface area contributed by atoms with E-state index in [0.29, 0.717) is 24.9 Å². The molecule has 20 heavy (non-hydrogen) atoms. The third-order valence-electron chi connectivity index (χ3n) is 2.62. The third-order valence-corrected chi connectivity index (χ3v) is 2.62. The Kier molecular flexibility index (Phi) is 5.86. The van der Waals surface area contributed by atoms with Crippen molar-refractivity contribution in [3.05, 3.63) is 0 Å². The SMILES string of the molecule is COCCC(C)(O)CNc1nc(NN)nc(N(C)C)n1. The Morgan fingerprint density at radius 1 is 1.30 bits per heavy atom. The van der Waals surface area contributed by atoms with Crippen LogP contribution < -0.4 is 21.5 Å². The Morgan fingerprint density at radius 3 is 2.50 bits per heavy atom. The van der Waals surface area contributed by atoms with E-state index in [1.807, 2.05) is 14.1 Å². The lowest BCUT2D eigenvalue weighted by Gasteiger charge is -2.23. The minimum absolute atomic E-state index is 0.253. The van der Waals surface area contributed by atoms with Gasteiger partial charge in [-0.15, -0.1) is 0 Å². The van der Waals surface area contributed by atoms with E-state index in [1.54, 1.807) is 18.9 Å². The Morgan fingerprint density at radius 2 is 1.95 bits per heavy atom. The molecule has 0 amide bonds. The Balaban J connectivity index is 2.74. The van der Waals surface area contributed by atoms with E-state index in [-0.39, 0.29) is 12.5 Å². The molecule has 1 unspecified atom stereocenters. The molecule has 0 saturated heterocycles. The highest BCUT2D eigenvalue weighted by atomic mass is 16.5. The van der Waals surface area contributed by atoms with Crippen molar-refractivity contribution in [3.63, 3.8) is 0 Å². The van der Waals surface area contributed by atoms with Crippen LogP contribution in [0, 0.1) is 0 Å². The summed E-state index contributed by atoms with van der Waals surface area (Å²) in [4.78, 5) is 14.1. The molecule has 114 valence electrons. The summed E-state index contributed by atoms with van der Waals surface area (Å²) < 4.78 is 4.95. The van der Waals surface area contributed by atoms with Gasteiger partial charge in [0.15, 0.2) is 0 Å². The van der Waals surface area contributed by atoms with Crippen LogP contribution in [0.15, 0.2) is 0 Å². The second kappa shape index (κ2) is 7.17. The van der Waals surface area contributed by atoms with Crippen molar-refractivity contribution in [2.75, 3.05) is 50.0 Å². The normalized spacial score (nSPS) is 13.7. The van der Waals surface area contributed by atoms with Crippen molar-refractivity contribution in [1.29, 1.82) is 0 Å². The van der Waals surface area contributed by atoms with Gasteiger partial charge in [0.05, 0.1) is 5.60 Å². The lowest BCUT2D eigenvalue weighted by molar-refractivity contribution is 0.0356. The van der Waals surface area contributed by atoms with Crippen LogP contribution in [-0.4, -0.2) is 60.0 Å². The Bertz CT molecular complexity index is 425. The number of hydrazine groups is 1. The molecule has 0 saturated carbocycles. The number of hydrogen-bond acceptors (Lipinski definition) is 9. The largest absolute Gasteiger partial charge is 0.388 e. The highest BCUT2D eigenvalue weighted by molar-refractivity contribution is 5.42. The predicted molar refractivity (Wildman–Crippen MR) is 77.6 cm³/mol. The summed E-state index contributed by atoms with van der Waals surface area (Å²) in [5.41, 5.74) is 1.46. The summed E-state index contributed by atoms with van der Waals surface area (Å²) in [6.45, 7) is 2.48. The maximum absolute atomic E-state index is 10.1. The first-order chi connectivity index (χ1) is 9.38. The van der Waals surface area contributed by atoms with Crippen molar-refractivity contribution in [2.24, 2.45) is 5.84 Å². The molecule has 1 heterocycles. The van der Waals surface area contributed by atoms with E-state index in [9.17, 15) is 5.11 Å². The zero-order valence-corrected chi connectivity index (χ0v) is 12.3. The van der Waals surface area contributed by atoms with Crippen molar-refractivity contribution in [2.45, 2.75) is 18.9 Å². The number of ether oxygens (including phenoxy) is 1. The summed E-state index contributed by atoms with van der Waals surface area (Å²) in [7, 11) is 5.22. The van der Waals surface area contributed by atoms with Crippen LogP contribution in [0.1, 0.15) is 13.3 Å². The molecule has 0 aliphatic carbocycles. The average molecular weight is 285 g/mol. The van der Waals surface area contributed by atoms with Crippen molar-refractivity contribution < 1.29 is 9.84 Å². The summed E-state index contributed by atoms with van der Waals surface area (Å²) in [6.07, 6.45) is 0.504. The molecular weight excluding hydrogens is 262 g/mol. The Labute approximate surface area is 118 Å². The van der Waals surface area contributed by atoms with E-state index < -0.39 is 5.60 Å². The topological polar surface area (TPSA) is 121 Å². The number of methoxy groups -OCH3 is 1. The van der Waals surface area contributed by atoms with Gasteiger partial charge in [0.1, 0.15) is 0 Å². The van der Waals surface area contributed by atoms with Gasteiger partial charge in [-0.1, -0.05) is 0 Å². The van der Waals surface area contributed by atoms with Gasteiger partial charge in [-0.3, -0.25) is 5.43 Å².